The molecule has 1 saturated heterocycles. The highest BCUT2D eigenvalue weighted by molar-refractivity contribution is 8.00. The van der Waals surface area contributed by atoms with Crippen LogP contribution in [0.1, 0.15) is 13.3 Å². The Kier molecular flexibility index (Phi) is 5.27. The minimum absolute atomic E-state index is 0.157. The molecule has 1 rings (SSSR count). The number of rotatable bonds is 4. The van der Waals surface area contributed by atoms with Crippen molar-refractivity contribution < 1.29 is 28.7 Å². The molecule has 1 heterocycles. The zero-order valence-corrected chi connectivity index (χ0v) is 11.9. The van der Waals surface area contributed by atoms with Gasteiger partial charge in [-0.05, 0) is 6.42 Å². The summed E-state index contributed by atoms with van der Waals surface area (Å²) in [4.78, 5) is 37.6. The van der Waals surface area contributed by atoms with E-state index in [0.29, 0.717) is 12.3 Å². The summed E-state index contributed by atoms with van der Waals surface area (Å²) >= 11 is 1.66. The van der Waals surface area contributed by atoms with Gasteiger partial charge in [-0.15, -0.1) is 0 Å². The average molecular weight is 305 g/mol. The smallest absolute Gasteiger partial charge is 0.323 e. The molecule has 17 heavy (non-hydrogen) atoms. The molecule has 0 saturated carbocycles. The summed E-state index contributed by atoms with van der Waals surface area (Å²) in [7, 11) is -9.70. The second-order valence-electron chi connectivity index (χ2n) is 3.92. The van der Waals surface area contributed by atoms with E-state index in [9.17, 15) is 9.13 Å². The third-order valence-electron chi connectivity index (χ3n) is 2.55. The highest BCUT2D eigenvalue weighted by Crippen LogP contribution is 2.61. The lowest BCUT2D eigenvalue weighted by atomic mass is 10.3. The molecule has 0 aromatic rings. The van der Waals surface area contributed by atoms with E-state index in [4.69, 9.17) is 19.6 Å². The van der Waals surface area contributed by atoms with Gasteiger partial charge in [0, 0.05) is 24.1 Å². The molecule has 0 bridgehead atoms. The maximum absolute atomic E-state index is 11.2. The molecular formula is C7H17NO6P2S. The molecular weight excluding hydrogens is 288 g/mol. The Morgan fingerprint density at radius 3 is 2.24 bits per heavy atom. The van der Waals surface area contributed by atoms with Crippen molar-refractivity contribution >= 4 is 27.0 Å². The minimum Gasteiger partial charge on any atom is -0.323 e. The molecule has 1 aliphatic heterocycles. The Morgan fingerprint density at radius 2 is 1.82 bits per heavy atom. The Bertz CT molecular complexity index is 332. The highest BCUT2D eigenvalue weighted by Gasteiger charge is 2.48. The van der Waals surface area contributed by atoms with Gasteiger partial charge < -0.3 is 19.6 Å². The van der Waals surface area contributed by atoms with Gasteiger partial charge in [-0.25, -0.2) is 0 Å². The Hall–Kier alpha value is 0.610. The first-order chi connectivity index (χ1) is 7.66. The Balaban J connectivity index is 2.92. The predicted octanol–water partition coefficient (Wildman–Crippen LogP) is 0.453. The van der Waals surface area contributed by atoms with Crippen LogP contribution < -0.4 is 0 Å². The van der Waals surface area contributed by atoms with E-state index < -0.39 is 20.7 Å². The Morgan fingerprint density at radius 1 is 1.29 bits per heavy atom. The van der Waals surface area contributed by atoms with Crippen LogP contribution >= 0.6 is 27.0 Å². The lowest BCUT2D eigenvalue weighted by Gasteiger charge is -2.37. The van der Waals surface area contributed by atoms with Crippen molar-refractivity contribution in [2.45, 2.75) is 24.1 Å². The van der Waals surface area contributed by atoms with E-state index in [1.54, 1.807) is 11.8 Å². The fourth-order valence-electron chi connectivity index (χ4n) is 1.82. The number of hydrogen-bond acceptors (Lipinski definition) is 4. The summed E-state index contributed by atoms with van der Waals surface area (Å²) in [5.41, 5.74) is -2.00. The summed E-state index contributed by atoms with van der Waals surface area (Å²) in [5, 5.41) is 0.157. The molecule has 0 amide bonds. The quantitative estimate of drug-likeness (QED) is 0.553. The molecule has 1 fully saturated rings. The summed E-state index contributed by atoms with van der Waals surface area (Å²) in [6.45, 7) is 2.51. The largest absolute Gasteiger partial charge is 0.354 e. The molecule has 0 spiro atoms. The van der Waals surface area contributed by atoms with E-state index in [0.717, 1.165) is 6.42 Å². The number of nitrogens with zero attached hydrogens (tertiary/aromatic N) is 1. The maximum atomic E-state index is 11.2. The molecule has 4 N–H and O–H groups in total. The molecule has 0 radical (unpaired) electrons. The van der Waals surface area contributed by atoms with Crippen molar-refractivity contribution in [1.29, 1.82) is 0 Å². The molecule has 0 aromatic carbocycles. The molecule has 1 aliphatic rings. The molecule has 0 aromatic heterocycles. The zero-order valence-electron chi connectivity index (χ0n) is 9.34. The molecule has 7 nitrogen and oxygen atoms in total. The van der Waals surface area contributed by atoms with Crippen molar-refractivity contribution in [2.75, 3.05) is 18.8 Å². The van der Waals surface area contributed by atoms with E-state index >= 15 is 0 Å². The minimum atomic E-state index is -4.85. The van der Waals surface area contributed by atoms with Crippen LogP contribution in [0.25, 0.3) is 0 Å². The van der Waals surface area contributed by atoms with Gasteiger partial charge in [0.1, 0.15) is 0 Å². The lowest BCUT2D eigenvalue weighted by molar-refractivity contribution is 0.229. The monoisotopic (exact) mass is 305 g/mol. The van der Waals surface area contributed by atoms with Gasteiger partial charge in [0.05, 0.1) is 0 Å². The van der Waals surface area contributed by atoms with Crippen LogP contribution in [0.4, 0.5) is 0 Å². The SMILES string of the molecule is CCC1CN(C(P(=O)(O)O)P(=O)(O)O)CCS1. The zero-order chi connectivity index (χ0) is 13.3. The maximum Gasteiger partial charge on any atom is 0.354 e. The first-order valence-electron chi connectivity index (χ1n) is 5.12. The van der Waals surface area contributed by atoms with Gasteiger partial charge in [-0.1, -0.05) is 6.92 Å². The van der Waals surface area contributed by atoms with Crippen molar-refractivity contribution in [3.8, 4) is 0 Å². The second kappa shape index (κ2) is 5.72. The summed E-state index contributed by atoms with van der Waals surface area (Å²) in [5.74, 6) is 0.620. The van der Waals surface area contributed by atoms with Crippen molar-refractivity contribution in [3.05, 3.63) is 0 Å². The van der Waals surface area contributed by atoms with Crippen molar-refractivity contribution in [3.63, 3.8) is 0 Å². The number of thioether (sulfide) groups is 1. The fourth-order valence-corrected chi connectivity index (χ4v) is 5.86. The summed E-state index contributed by atoms with van der Waals surface area (Å²) in [6, 6.07) is 0. The third-order valence-corrected chi connectivity index (χ3v) is 7.59. The van der Waals surface area contributed by atoms with Gasteiger partial charge in [0.2, 0.25) is 5.52 Å². The van der Waals surface area contributed by atoms with Gasteiger partial charge in [-0.2, -0.15) is 11.8 Å². The molecule has 0 aliphatic carbocycles. The third kappa shape index (κ3) is 4.33. The van der Waals surface area contributed by atoms with Crippen LogP contribution in [0.15, 0.2) is 0 Å². The molecule has 1 atom stereocenters. The first-order valence-corrected chi connectivity index (χ1v) is 9.53. The van der Waals surface area contributed by atoms with Crippen molar-refractivity contribution in [2.24, 2.45) is 0 Å². The van der Waals surface area contributed by atoms with E-state index in [2.05, 4.69) is 0 Å². The standard InChI is InChI=1S/C7H17NO6P2S/c1-2-6-5-8(3-4-17-6)7(15(9,10)11)16(12,13)14/h6-7H,2-5H2,1H3,(H2,9,10,11)(H2,12,13,14). The van der Waals surface area contributed by atoms with Gasteiger partial charge >= 0.3 is 15.2 Å². The highest BCUT2D eigenvalue weighted by atomic mass is 32.2. The summed E-state index contributed by atoms with van der Waals surface area (Å²) < 4.78 is 22.5. The van der Waals surface area contributed by atoms with Crippen LogP contribution in [-0.2, 0) is 9.13 Å². The van der Waals surface area contributed by atoms with Crippen LogP contribution in [0.3, 0.4) is 0 Å². The van der Waals surface area contributed by atoms with Gasteiger partial charge in [0.25, 0.3) is 0 Å². The van der Waals surface area contributed by atoms with E-state index in [1.165, 1.54) is 4.90 Å². The van der Waals surface area contributed by atoms with Crippen LogP contribution in [0.5, 0.6) is 0 Å². The molecule has 10 heteroatoms. The topological polar surface area (TPSA) is 118 Å². The fraction of sp³-hybridized carbons (Fsp3) is 1.00. The Labute approximate surface area is 104 Å². The van der Waals surface area contributed by atoms with Gasteiger partial charge in [-0.3, -0.25) is 14.0 Å². The van der Waals surface area contributed by atoms with Crippen LogP contribution in [0.2, 0.25) is 0 Å². The predicted molar refractivity (Wildman–Crippen MR) is 66.0 cm³/mol. The van der Waals surface area contributed by atoms with E-state index in [1.807, 2.05) is 6.92 Å². The molecule has 102 valence electrons. The normalized spacial score (nSPS) is 24.2. The van der Waals surface area contributed by atoms with Crippen LogP contribution in [-0.4, -0.2) is 54.1 Å². The number of hydrogen-bond donors (Lipinski definition) is 4. The lowest BCUT2D eigenvalue weighted by Crippen LogP contribution is -2.44. The summed E-state index contributed by atoms with van der Waals surface area (Å²) in [6.07, 6.45) is 0.802. The molecule has 1 unspecified atom stereocenters. The second-order valence-corrected chi connectivity index (χ2v) is 9.07. The average Bonchev–Trinajstić information content (AvgIpc) is 2.13. The van der Waals surface area contributed by atoms with Crippen molar-refractivity contribution in [1.82, 2.24) is 4.90 Å². The van der Waals surface area contributed by atoms with E-state index in [-0.39, 0.29) is 11.8 Å². The van der Waals surface area contributed by atoms with Crippen LogP contribution in [0, 0.1) is 0 Å². The first kappa shape index (κ1) is 15.7. The van der Waals surface area contributed by atoms with Gasteiger partial charge in [0.15, 0.2) is 0 Å².